The molecule has 0 spiro atoms. The fourth-order valence-electron chi connectivity index (χ4n) is 2.68. The first kappa shape index (κ1) is 17.1. The Balaban J connectivity index is 1.86. The monoisotopic (exact) mass is 279 g/mol. The van der Waals surface area contributed by atoms with Gasteiger partial charge in [0.25, 0.3) is 0 Å². The van der Waals surface area contributed by atoms with Crippen molar-refractivity contribution in [1.29, 1.82) is 0 Å². The third kappa shape index (κ3) is 7.62. The zero-order valence-corrected chi connectivity index (χ0v) is 13.5. The lowest BCUT2D eigenvalue weighted by Crippen LogP contribution is -1.99. The molecule has 2 heteroatoms. The van der Waals surface area contributed by atoms with Crippen LogP contribution in [0.3, 0.4) is 0 Å². The van der Waals surface area contributed by atoms with Crippen molar-refractivity contribution < 1.29 is 4.74 Å². The molecule has 1 unspecified atom stereocenters. The predicted molar refractivity (Wildman–Crippen MR) is 87.1 cm³/mol. The molecule has 1 rings (SSSR count). The molecule has 1 aliphatic heterocycles. The van der Waals surface area contributed by atoms with Crippen LogP contribution in [0.25, 0.3) is 0 Å². The summed E-state index contributed by atoms with van der Waals surface area (Å²) in [7, 11) is 0. The van der Waals surface area contributed by atoms with Gasteiger partial charge in [0.15, 0.2) is 5.88 Å². The van der Waals surface area contributed by atoms with E-state index in [1.165, 1.54) is 70.6 Å². The molecule has 1 atom stereocenters. The van der Waals surface area contributed by atoms with Crippen LogP contribution in [-0.2, 0) is 4.74 Å². The fraction of sp³-hybridized carbons (Fsp3) is 0.778. The molecular weight excluding hydrogens is 246 g/mol. The minimum absolute atomic E-state index is 0.510. The number of nitrogens with one attached hydrogen (secondary N) is 1. The quantitative estimate of drug-likeness (QED) is 0.451. The Morgan fingerprint density at radius 2 is 1.55 bits per heavy atom. The lowest BCUT2D eigenvalue weighted by Gasteiger charge is -2.11. The van der Waals surface area contributed by atoms with Gasteiger partial charge in [0, 0.05) is 12.1 Å². The van der Waals surface area contributed by atoms with Crippen LogP contribution in [-0.4, -0.2) is 0 Å². The molecule has 0 bridgehead atoms. The van der Waals surface area contributed by atoms with Crippen LogP contribution in [0.15, 0.2) is 24.4 Å². The van der Waals surface area contributed by atoms with Gasteiger partial charge in [-0.15, -0.1) is 0 Å². The van der Waals surface area contributed by atoms with Crippen molar-refractivity contribution in [2.75, 3.05) is 0 Å². The molecular formula is C18H33NO. The number of hydrogen-bond acceptors (Lipinski definition) is 2. The number of rotatable bonds is 12. The van der Waals surface area contributed by atoms with E-state index < -0.39 is 0 Å². The molecule has 1 N–H and O–H groups in total. The second-order valence-electron chi connectivity index (χ2n) is 6.09. The predicted octanol–water partition coefficient (Wildman–Crippen LogP) is 5.87. The van der Waals surface area contributed by atoms with Gasteiger partial charge < -0.3 is 10.1 Å². The molecule has 0 aromatic rings. The van der Waals surface area contributed by atoms with Gasteiger partial charge in [-0.1, -0.05) is 78.1 Å². The first-order chi connectivity index (χ1) is 9.74. The molecule has 0 fully saturated rings. The van der Waals surface area contributed by atoms with Gasteiger partial charge in [-0.2, -0.15) is 0 Å². The molecule has 116 valence electrons. The van der Waals surface area contributed by atoms with E-state index in [0.717, 1.165) is 5.76 Å². The van der Waals surface area contributed by atoms with Crippen LogP contribution >= 0.6 is 0 Å². The highest BCUT2D eigenvalue weighted by Gasteiger charge is 2.15. The van der Waals surface area contributed by atoms with E-state index in [4.69, 9.17) is 4.74 Å². The largest absolute Gasteiger partial charge is 0.444 e. The van der Waals surface area contributed by atoms with Gasteiger partial charge in [-0.25, -0.2) is 0 Å². The third-order valence-electron chi connectivity index (χ3n) is 4.09. The second kappa shape index (κ2) is 10.8. The average Bonchev–Trinajstić information content (AvgIpc) is 2.87. The molecule has 0 radical (unpaired) electrons. The Labute approximate surface area is 125 Å². The zero-order chi connectivity index (χ0) is 14.6. The fourth-order valence-corrected chi connectivity index (χ4v) is 2.68. The second-order valence-corrected chi connectivity index (χ2v) is 6.09. The third-order valence-corrected chi connectivity index (χ3v) is 4.09. The summed E-state index contributed by atoms with van der Waals surface area (Å²) < 4.78 is 5.52. The van der Waals surface area contributed by atoms with Gasteiger partial charge >= 0.3 is 0 Å². The summed E-state index contributed by atoms with van der Waals surface area (Å²) in [6, 6.07) is 0. The van der Waals surface area contributed by atoms with Crippen LogP contribution in [0, 0.1) is 5.92 Å². The summed E-state index contributed by atoms with van der Waals surface area (Å²) in [6.07, 6.45) is 17.1. The number of hydrogen-bond donors (Lipinski definition) is 1. The summed E-state index contributed by atoms with van der Waals surface area (Å²) >= 11 is 0. The SMILES string of the molecule is C=C1NC=C(C(C)CCCCCCCCCCCC)O1. The molecule has 0 aliphatic carbocycles. The Morgan fingerprint density at radius 3 is 2.05 bits per heavy atom. The highest BCUT2D eigenvalue weighted by atomic mass is 16.5. The summed E-state index contributed by atoms with van der Waals surface area (Å²) in [5.41, 5.74) is 0. The number of unbranched alkanes of at least 4 members (excludes halogenated alkanes) is 9. The molecule has 2 nitrogen and oxygen atoms in total. The van der Waals surface area contributed by atoms with Gasteiger partial charge in [-0.05, 0) is 13.0 Å². The van der Waals surface area contributed by atoms with E-state index in [1.54, 1.807) is 0 Å². The topological polar surface area (TPSA) is 21.3 Å². The van der Waals surface area contributed by atoms with E-state index in [9.17, 15) is 0 Å². The lowest BCUT2D eigenvalue weighted by atomic mass is 10.00. The molecule has 1 heterocycles. The standard InChI is InChI=1S/C18H33NO/c1-4-5-6-7-8-9-10-11-12-13-14-16(2)18-15-19-17(3)20-18/h15-16,19H,3-14H2,1-2H3. The summed E-state index contributed by atoms with van der Waals surface area (Å²) in [5, 5.41) is 3.01. The smallest absolute Gasteiger partial charge is 0.189 e. The Bertz CT molecular complexity index is 296. The maximum atomic E-state index is 5.52. The maximum absolute atomic E-state index is 5.52. The minimum Gasteiger partial charge on any atom is -0.444 e. The van der Waals surface area contributed by atoms with Crippen LogP contribution in [0.1, 0.15) is 84.5 Å². The highest BCUT2D eigenvalue weighted by Crippen LogP contribution is 2.23. The summed E-state index contributed by atoms with van der Waals surface area (Å²) in [6.45, 7) is 8.27. The van der Waals surface area contributed by atoms with Crippen molar-refractivity contribution in [3.63, 3.8) is 0 Å². The highest BCUT2D eigenvalue weighted by molar-refractivity contribution is 5.09. The van der Waals surface area contributed by atoms with Crippen LogP contribution in [0.2, 0.25) is 0 Å². The zero-order valence-electron chi connectivity index (χ0n) is 13.5. The van der Waals surface area contributed by atoms with Crippen molar-refractivity contribution in [3.8, 4) is 0 Å². The molecule has 20 heavy (non-hydrogen) atoms. The molecule has 0 saturated heterocycles. The molecule has 0 aromatic heterocycles. The first-order valence-corrected chi connectivity index (χ1v) is 8.57. The lowest BCUT2D eigenvalue weighted by molar-refractivity contribution is 0.266. The van der Waals surface area contributed by atoms with Gasteiger partial charge in [0.1, 0.15) is 5.76 Å². The van der Waals surface area contributed by atoms with E-state index in [-0.39, 0.29) is 0 Å². The van der Waals surface area contributed by atoms with Crippen molar-refractivity contribution in [3.05, 3.63) is 24.4 Å². The van der Waals surface area contributed by atoms with Crippen LogP contribution in [0.5, 0.6) is 0 Å². The van der Waals surface area contributed by atoms with Crippen molar-refractivity contribution in [1.82, 2.24) is 5.32 Å². The Kier molecular flexibility index (Phi) is 9.27. The molecule has 0 saturated carbocycles. The number of allylic oxidation sites excluding steroid dienone is 1. The van der Waals surface area contributed by atoms with Crippen LogP contribution < -0.4 is 5.32 Å². The molecule has 0 amide bonds. The van der Waals surface area contributed by atoms with E-state index >= 15 is 0 Å². The normalized spacial score (nSPS) is 15.7. The van der Waals surface area contributed by atoms with Gasteiger partial charge in [-0.3, -0.25) is 0 Å². The average molecular weight is 279 g/mol. The maximum Gasteiger partial charge on any atom is 0.189 e. The Hall–Kier alpha value is -0.920. The Morgan fingerprint density at radius 1 is 1.00 bits per heavy atom. The molecule has 0 aromatic carbocycles. The van der Waals surface area contributed by atoms with Gasteiger partial charge in [0.2, 0.25) is 0 Å². The van der Waals surface area contributed by atoms with Gasteiger partial charge in [0.05, 0.1) is 0 Å². The van der Waals surface area contributed by atoms with E-state index in [2.05, 4.69) is 25.7 Å². The van der Waals surface area contributed by atoms with Crippen molar-refractivity contribution in [2.24, 2.45) is 5.92 Å². The summed E-state index contributed by atoms with van der Waals surface area (Å²) in [5.74, 6) is 2.22. The van der Waals surface area contributed by atoms with Crippen molar-refractivity contribution in [2.45, 2.75) is 84.5 Å². The summed E-state index contributed by atoms with van der Waals surface area (Å²) in [4.78, 5) is 0. The van der Waals surface area contributed by atoms with Crippen LogP contribution in [0.4, 0.5) is 0 Å². The van der Waals surface area contributed by atoms with Crippen molar-refractivity contribution >= 4 is 0 Å². The minimum atomic E-state index is 0.510. The number of ether oxygens (including phenoxy) is 1. The first-order valence-electron chi connectivity index (χ1n) is 8.57. The van der Waals surface area contributed by atoms with E-state index in [0.29, 0.717) is 11.8 Å². The van der Waals surface area contributed by atoms with E-state index in [1.807, 2.05) is 6.20 Å². The molecule has 1 aliphatic rings.